The highest BCUT2D eigenvalue weighted by atomic mass is 32.2. The molecule has 2 aliphatic carbocycles. The second kappa shape index (κ2) is 25.5. The summed E-state index contributed by atoms with van der Waals surface area (Å²) >= 11 is 0. The number of allylic oxidation sites excluding steroid dienone is 2. The number of aromatic hydroxyl groups is 2. The molecular weight excluding hydrogens is 1530 g/mol. The fourth-order valence-corrected chi connectivity index (χ4v) is 15.5. The van der Waals surface area contributed by atoms with Gasteiger partial charge >= 0.3 is 0 Å². The highest BCUT2D eigenvalue weighted by Gasteiger charge is 2.39. The topological polar surface area (TPSA) is 690 Å². The first-order valence-electron chi connectivity index (χ1n) is 26.8. The molecule has 530 valence electrons. The highest BCUT2D eigenvalue weighted by molar-refractivity contribution is 7.91. The second-order valence-corrected chi connectivity index (χ2v) is 31.8. The number of nitrogens with zero attached hydrogens (tertiary/aromatic N) is 8. The predicted molar refractivity (Wildman–Crippen MR) is 349 cm³/mol. The fraction of sp³-hybridized carbons (Fsp3) is 0. The molecule has 102 heavy (non-hydrogen) atoms. The average molecular weight is 1560 g/mol. The minimum absolute atomic E-state index is 0.0698. The molecule has 2 aromatic heterocycles. The summed E-state index contributed by atoms with van der Waals surface area (Å²) in [7, 11) is -42.6. The lowest BCUT2D eigenvalue weighted by molar-refractivity contribution is 0.105. The number of rotatable bonds is 18. The van der Waals surface area contributed by atoms with Gasteiger partial charge in [-0.3, -0.25) is 66.8 Å². The number of hydrogen-bond donors (Lipinski definition) is 16. The van der Waals surface area contributed by atoms with Crippen molar-refractivity contribution in [3.8, 4) is 12.0 Å². The molecule has 0 saturated carbocycles. The van der Waals surface area contributed by atoms with Crippen LogP contribution in [-0.2, 0) is 80.9 Å². The van der Waals surface area contributed by atoms with Gasteiger partial charge in [0.05, 0.1) is 43.7 Å². The molecule has 0 radical (unpaired) electrons. The van der Waals surface area contributed by atoms with E-state index in [1.807, 2.05) is 0 Å². The molecular formula is C52H36N14O28S8. The van der Waals surface area contributed by atoms with Crippen molar-refractivity contribution < 1.29 is 124 Å². The maximum Gasteiger partial charge on any atom is 0.297 e. The molecule has 50 heteroatoms. The molecule has 42 nitrogen and oxygen atoms in total. The molecule has 11 rings (SSSR count). The molecule has 0 bridgehead atoms. The second-order valence-electron chi connectivity index (χ2n) is 20.7. The van der Waals surface area contributed by atoms with Crippen molar-refractivity contribution in [2.75, 3.05) is 21.5 Å². The summed E-state index contributed by atoms with van der Waals surface area (Å²) in [6, 6.07) is 14.6. The number of anilines is 6. The number of aromatic amines is 2. The van der Waals surface area contributed by atoms with Gasteiger partial charge in [0.15, 0.2) is 11.4 Å². The highest BCUT2D eigenvalue weighted by Crippen LogP contribution is 2.40. The Morgan fingerprint density at radius 3 is 1.05 bits per heavy atom. The van der Waals surface area contributed by atoms with Crippen LogP contribution in [-0.4, -0.2) is 167 Å². The molecule has 0 fully saturated rings. The molecule has 16 N–H and O–H groups in total. The van der Waals surface area contributed by atoms with Crippen molar-refractivity contribution in [2.45, 2.75) is 29.4 Å². The minimum Gasteiger partial charge on any atom is -0.480 e. The fourth-order valence-electron chi connectivity index (χ4n) is 10.0. The third-order valence-corrected chi connectivity index (χ3v) is 21.2. The van der Waals surface area contributed by atoms with Gasteiger partial charge in [-0.05, 0) is 96.1 Å². The first-order chi connectivity index (χ1) is 47.2. The van der Waals surface area contributed by atoms with E-state index >= 15 is 0 Å². The van der Waals surface area contributed by atoms with E-state index in [9.17, 15) is 124 Å². The predicted octanol–water partition coefficient (Wildman–Crippen LogP) is 2.86. The smallest absolute Gasteiger partial charge is 0.297 e. The summed E-state index contributed by atoms with van der Waals surface area (Å²) < 4.78 is 282. The number of aromatic nitrogens is 6. The van der Waals surface area contributed by atoms with Crippen LogP contribution in [0.15, 0.2) is 169 Å². The minimum atomic E-state index is -5.59. The van der Waals surface area contributed by atoms with E-state index in [2.05, 4.69) is 71.6 Å². The van der Waals surface area contributed by atoms with E-state index in [-0.39, 0.29) is 11.4 Å². The summed E-state index contributed by atoms with van der Waals surface area (Å²) in [6.07, 6.45) is 0.976. The van der Waals surface area contributed by atoms with Crippen molar-refractivity contribution in [1.82, 2.24) is 29.9 Å². The van der Waals surface area contributed by atoms with E-state index in [4.69, 9.17) is 0 Å². The van der Waals surface area contributed by atoms with Gasteiger partial charge in [0.2, 0.25) is 34.7 Å². The Morgan fingerprint density at radius 2 is 0.735 bits per heavy atom. The Kier molecular flexibility index (Phi) is 18.1. The van der Waals surface area contributed by atoms with Crippen LogP contribution in [0.2, 0.25) is 0 Å². The third kappa shape index (κ3) is 14.9. The summed E-state index contributed by atoms with van der Waals surface area (Å²) in [5.74, 6) is -4.14. The number of fused-ring (bicyclic) bond motifs is 4. The van der Waals surface area contributed by atoms with Gasteiger partial charge in [-0.2, -0.15) is 97.5 Å². The monoisotopic (exact) mass is 1560 g/mol. The van der Waals surface area contributed by atoms with Crippen LogP contribution < -0.4 is 32.7 Å². The molecule has 0 aliphatic heterocycles. The quantitative estimate of drug-likeness (QED) is 0.0434. The van der Waals surface area contributed by atoms with Gasteiger partial charge in [0.1, 0.15) is 29.4 Å². The van der Waals surface area contributed by atoms with Crippen molar-refractivity contribution in [1.29, 1.82) is 0 Å². The lowest BCUT2D eigenvalue weighted by Gasteiger charge is -2.19. The van der Waals surface area contributed by atoms with Crippen LogP contribution in [0.3, 0.4) is 0 Å². The summed E-state index contributed by atoms with van der Waals surface area (Å²) in [5, 5.41) is 32.1. The van der Waals surface area contributed by atoms with E-state index in [0.29, 0.717) is 36.4 Å². The van der Waals surface area contributed by atoms with Crippen LogP contribution in [0.1, 0.15) is 31.8 Å². The zero-order valence-corrected chi connectivity index (χ0v) is 55.7. The van der Waals surface area contributed by atoms with Crippen molar-refractivity contribution in [3.05, 3.63) is 152 Å². The lowest BCUT2D eigenvalue weighted by Crippen LogP contribution is -2.28. The molecule has 0 atom stereocenters. The van der Waals surface area contributed by atoms with Gasteiger partial charge < -0.3 is 20.8 Å². The standard InChI is InChI=1S/C52H36N14O28S8/c67-43-39-21(17-37(99(83,84)85)41(43)65-63-31-13-11-27-29(45(31)101(89,90)91)3-1-5-35(27)97(77,78)79)15-25(95(71,72)73)19-33(39)55-49-57-47(59-51(69)61-49)53-23-7-9-24(10-8-23)54-48-58-50(62-52(70)60-48)56-34-20-26(96(74,75)76)16-22-18-38(100(86,87)88)42(44(68)40(22)34)66-64-32-14-12-28-30(46(32)102(92,93)94)4-2-6-36(28)98(80,81)82/h1-20,63-64H,(H,71,72,73)(H,74,75,76)(H,77,78,79)(H,80,81,82)(H,83,84,85)(H,86,87,88)(H,89,90,91)(H,92,93,94)(H3,53,55,57,59,61,69)(H3,54,56,58,60,62,70)/b65-41+,66-42+. The van der Waals surface area contributed by atoms with Gasteiger partial charge in [0, 0.05) is 32.9 Å². The van der Waals surface area contributed by atoms with Gasteiger partial charge in [0.25, 0.3) is 93.0 Å². The first kappa shape index (κ1) is 72.2. The number of H-pyrrole nitrogens is 2. The van der Waals surface area contributed by atoms with Crippen LogP contribution in [0.5, 0.6) is 12.0 Å². The number of benzene rings is 7. The summed E-state index contributed by atoms with van der Waals surface area (Å²) in [5.41, 5.74) is -5.79. The van der Waals surface area contributed by atoms with Crippen LogP contribution in [0.25, 0.3) is 33.7 Å². The molecule has 7 aromatic carbocycles. The SMILES string of the molecule is O=C1/C(=N/Nc2ccc3c(S(=O)(=O)O)cccc3c2S(=O)(=O)O)C(S(=O)(=O)O)=Cc2cc(S(=O)(=O)O)cc(N=c3nc(Nc4ccc(Nc5nc(O)[nH]c(=Nc6cc(S(=O)(=O)O)cc7c6C(=O)/C(=N/Nc6ccc8c(S(=O)(=O)O)cccc8c6S(=O)(=O)O)C(S(=O)(=O)O)=C7)n5)cc4)nc(O)[nH]3)c21. The molecule has 0 saturated heterocycles. The molecule has 2 heterocycles. The maximum absolute atomic E-state index is 14.5. The first-order valence-corrected chi connectivity index (χ1v) is 38.3. The van der Waals surface area contributed by atoms with Crippen LogP contribution >= 0.6 is 0 Å². The molecule has 2 aliphatic rings. The van der Waals surface area contributed by atoms with E-state index in [0.717, 1.165) is 60.7 Å². The zero-order valence-electron chi connectivity index (χ0n) is 49.2. The number of carbonyl (C=O) groups excluding carboxylic acids is 2. The van der Waals surface area contributed by atoms with Crippen LogP contribution in [0.4, 0.5) is 46.0 Å². The lowest BCUT2D eigenvalue weighted by atomic mass is 9.93. The molecule has 0 amide bonds. The maximum atomic E-state index is 14.5. The number of nitrogens with one attached hydrogen (secondary N) is 6. The zero-order chi connectivity index (χ0) is 74.5. The van der Waals surface area contributed by atoms with Crippen molar-refractivity contribution >= 4 is 184 Å². The number of carbonyl (C=O) groups is 2. The summed E-state index contributed by atoms with van der Waals surface area (Å²) in [6.45, 7) is 0. The van der Waals surface area contributed by atoms with Crippen molar-refractivity contribution in [3.63, 3.8) is 0 Å². The average Bonchev–Trinajstić information content (AvgIpc) is 0.758. The molecule has 0 unspecified atom stereocenters. The van der Waals surface area contributed by atoms with Gasteiger partial charge in [-0.25, -0.2) is 9.98 Å². The Labute approximate surface area is 569 Å². The number of hydrazone groups is 2. The Morgan fingerprint density at radius 1 is 0.382 bits per heavy atom. The van der Waals surface area contributed by atoms with E-state index in [1.165, 1.54) is 24.3 Å². The third-order valence-electron chi connectivity index (χ3n) is 14.1. The number of hydrogen-bond acceptors (Lipinski definition) is 32. The Bertz CT molecular complexity index is 6170. The molecule has 9 aromatic rings. The van der Waals surface area contributed by atoms with Gasteiger partial charge in [-0.15, -0.1) is 0 Å². The Hall–Kier alpha value is -11.1. The Balaban J connectivity index is 0.905. The normalized spacial score (nSPS) is 15.3. The van der Waals surface area contributed by atoms with E-state index in [1.54, 1.807) is 0 Å². The van der Waals surface area contributed by atoms with E-state index < -0.39 is 245 Å². The van der Waals surface area contributed by atoms with Gasteiger partial charge in [-0.1, -0.05) is 36.4 Å². The molecule has 0 spiro atoms. The van der Waals surface area contributed by atoms with Crippen LogP contribution in [0, 0.1) is 0 Å². The number of Topliss-reactive ketones (excluding diaryl/α,β-unsaturated/α-hetero) is 2. The van der Waals surface area contributed by atoms with Crippen molar-refractivity contribution in [2.24, 2.45) is 20.2 Å². The summed E-state index contributed by atoms with van der Waals surface area (Å²) in [4.78, 5) is 48.5. The number of ketones is 2. The largest absolute Gasteiger partial charge is 0.480 e.